The average Bonchev–Trinajstić information content (AvgIpc) is 3.69. The molecule has 0 saturated carbocycles. The molecular weight excluding hydrogens is 589 g/mol. The van der Waals surface area contributed by atoms with E-state index in [-0.39, 0.29) is 36.6 Å². The number of nitrogens with one attached hydrogen (secondary N) is 3. The molecule has 3 aromatic heterocycles. The smallest absolute Gasteiger partial charge is 0.315 e. The van der Waals surface area contributed by atoms with Crippen molar-refractivity contribution in [3.63, 3.8) is 0 Å². The van der Waals surface area contributed by atoms with Crippen molar-refractivity contribution < 1.29 is 23.3 Å². The molecule has 3 heterocycles. The number of pyridine rings is 1. The number of imidazole rings is 1. The summed E-state index contributed by atoms with van der Waals surface area (Å²) in [6.45, 7) is 6.98. The first kappa shape index (κ1) is 34.4. The molecule has 46 heavy (non-hydrogen) atoms. The number of aromatic nitrogens is 5. The van der Waals surface area contributed by atoms with Gasteiger partial charge in [-0.1, -0.05) is 57.6 Å². The highest BCUT2D eigenvalue weighted by Crippen LogP contribution is 2.30. The number of aromatic amines is 1. The number of Topliss-reactive ketones (excluding diaryl/α,β-unsaturated/α-hetero) is 1. The highest BCUT2D eigenvalue weighted by molar-refractivity contribution is 6.03. The van der Waals surface area contributed by atoms with Crippen LogP contribution < -0.4 is 10.6 Å². The largest absolute Gasteiger partial charge is 0.344 e. The van der Waals surface area contributed by atoms with E-state index in [1.54, 1.807) is 42.6 Å². The first-order valence-corrected chi connectivity index (χ1v) is 13.5. The topological polar surface area (TPSA) is 156 Å². The van der Waals surface area contributed by atoms with Gasteiger partial charge in [0.25, 0.3) is 5.91 Å². The Morgan fingerprint density at radius 2 is 1.76 bits per heavy atom. The first-order chi connectivity index (χ1) is 21.4. The van der Waals surface area contributed by atoms with Gasteiger partial charge in [0, 0.05) is 47.5 Å². The minimum atomic E-state index is -0.588. The van der Waals surface area contributed by atoms with Gasteiger partial charge in [0.15, 0.2) is 11.5 Å². The number of ketones is 1. The highest BCUT2D eigenvalue weighted by Gasteiger charge is 2.24. The molecule has 0 radical (unpaired) electrons. The van der Waals surface area contributed by atoms with Crippen molar-refractivity contribution in [3.8, 4) is 47.2 Å². The van der Waals surface area contributed by atoms with E-state index < -0.39 is 17.6 Å². The molecule has 5 rings (SSSR count). The number of halogens is 1. The third kappa shape index (κ3) is 8.27. The Morgan fingerprint density at radius 1 is 1.02 bits per heavy atom. The molecule has 0 saturated heterocycles. The molecule has 12 heteroatoms. The predicted octanol–water partition coefficient (Wildman–Crippen LogP) is 5.46. The molecule has 11 nitrogen and oxygen atoms in total. The van der Waals surface area contributed by atoms with Crippen LogP contribution in [0.15, 0.2) is 59.3 Å². The van der Waals surface area contributed by atoms with Gasteiger partial charge in [0.05, 0.1) is 5.52 Å². The number of nitrogens with zero attached hydrogens (tertiary/aromatic N) is 4. The summed E-state index contributed by atoms with van der Waals surface area (Å²) in [5.74, 6) is 2.78. The SMILES string of the molecule is C.C#CC(=O)Nc1cccc(-c2nc3nccc(-c4ccc(CNC(=O)c5nc(C(C)(C)C)no5)c(F)c4)c3[nH]2)c1.C#CC(C)=O. The van der Waals surface area contributed by atoms with E-state index in [4.69, 9.17) is 10.9 Å². The lowest BCUT2D eigenvalue weighted by atomic mass is 9.96. The molecule has 0 aliphatic heterocycles. The molecule has 234 valence electrons. The van der Waals surface area contributed by atoms with E-state index in [1.165, 1.54) is 13.0 Å². The Bertz CT molecular complexity index is 1990. The quantitative estimate of drug-likeness (QED) is 0.167. The van der Waals surface area contributed by atoms with Gasteiger partial charge >= 0.3 is 11.8 Å². The highest BCUT2D eigenvalue weighted by atomic mass is 19.1. The zero-order valence-electron chi connectivity index (χ0n) is 24.9. The van der Waals surface area contributed by atoms with E-state index in [2.05, 4.69) is 42.1 Å². The summed E-state index contributed by atoms with van der Waals surface area (Å²) in [6, 6.07) is 13.5. The molecule has 0 aliphatic rings. The number of rotatable bonds is 6. The second-order valence-electron chi connectivity index (χ2n) is 10.7. The van der Waals surface area contributed by atoms with Crippen LogP contribution in [0.25, 0.3) is 33.7 Å². The second kappa shape index (κ2) is 14.6. The number of benzene rings is 2. The summed E-state index contributed by atoms with van der Waals surface area (Å²) >= 11 is 0. The summed E-state index contributed by atoms with van der Waals surface area (Å²) in [5, 5.41) is 9.05. The first-order valence-electron chi connectivity index (χ1n) is 13.5. The van der Waals surface area contributed by atoms with Crippen LogP contribution in [0, 0.1) is 30.5 Å². The van der Waals surface area contributed by atoms with Gasteiger partial charge in [-0.3, -0.25) is 14.4 Å². The van der Waals surface area contributed by atoms with E-state index in [0.717, 1.165) is 0 Å². The molecular formula is C34H32FN7O4. The number of carbonyl (C=O) groups is 3. The summed E-state index contributed by atoms with van der Waals surface area (Å²) in [4.78, 5) is 49.8. The van der Waals surface area contributed by atoms with Crippen LogP contribution in [-0.4, -0.2) is 42.7 Å². The lowest BCUT2D eigenvalue weighted by Crippen LogP contribution is -2.24. The van der Waals surface area contributed by atoms with Gasteiger partial charge in [-0.15, -0.1) is 12.8 Å². The predicted molar refractivity (Wildman–Crippen MR) is 173 cm³/mol. The Balaban J connectivity index is 0.000000892. The van der Waals surface area contributed by atoms with E-state index in [1.807, 2.05) is 38.7 Å². The van der Waals surface area contributed by atoms with Crippen molar-refractivity contribution in [1.82, 2.24) is 30.4 Å². The second-order valence-corrected chi connectivity index (χ2v) is 10.7. The van der Waals surface area contributed by atoms with Gasteiger partial charge in [0.2, 0.25) is 5.78 Å². The number of carbonyl (C=O) groups excluding carboxylic acids is 3. The molecule has 0 fully saturated rings. The molecule has 0 aliphatic carbocycles. The van der Waals surface area contributed by atoms with Crippen molar-refractivity contribution in [2.24, 2.45) is 0 Å². The zero-order valence-corrected chi connectivity index (χ0v) is 24.9. The summed E-state index contributed by atoms with van der Waals surface area (Å²) < 4.78 is 20.1. The molecule has 0 unspecified atom stereocenters. The van der Waals surface area contributed by atoms with Crippen molar-refractivity contribution in [2.45, 2.75) is 47.1 Å². The number of hydrogen-bond donors (Lipinski definition) is 3. The minimum Gasteiger partial charge on any atom is -0.344 e. The van der Waals surface area contributed by atoms with Crippen molar-refractivity contribution in [3.05, 3.63) is 77.8 Å². The van der Waals surface area contributed by atoms with Gasteiger partial charge in [-0.25, -0.2) is 14.4 Å². The Kier molecular flexibility index (Phi) is 10.9. The van der Waals surface area contributed by atoms with Crippen LogP contribution in [0.3, 0.4) is 0 Å². The monoisotopic (exact) mass is 621 g/mol. The maximum atomic E-state index is 15.1. The lowest BCUT2D eigenvalue weighted by molar-refractivity contribution is -0.112. The van der Waals surface area contributed by atoms with Crippen LogP contribution in [0.4, 0.5) is 10.1 Å². The molecule has 2 aromatic carbocycles. The van der Waals surface area contributed by atoms with Crippen LogP contribution in [0.2, 0.25) is 0 Å². The fourth-order valence-electron chi connectivity index (χ4n) is 3.93. The standard InChI is InChI=1S/C29H24FN7O3.C4H4O.CH4/c1-5-22(38)33-19-8-6-7-17(13-19)24-34-23-20(11-12-31-25(23)35-24)16-9-10-18(21(30)14-16)15-32-26(39)27-36-28(37-40-27)29(2,3)4;1-3-4(2)5;/h1,6-14H,15H2,2-4H3,(H,32,39)(H,33,38)(H,31,34,35);1H,2H3;1H4. The van der Waals surface area contributed by atoms with Crippen LogP contribution in [0.5, 0.6) is 0 Å². The van der Waals surface area contributed by atoms with E-state index >= 15 is 4.39 Å². The summed E-state index contributed by atoms with van der Waals surface area (Å²) in [5.41, 5.74) is 3.47. The maximum absolute atomic E-state index is 15.1. The Labute approximate surface area is 265 Å². The van der Waals surface area contributed by atoms with E-state index in [0.29, 0.717) is 45.2 Å². The summed E-state index contributed by atoms with van der Waals surface area (Å²) in [7, 11) is 0. The van der Waals surface area contributed by atoms with Crippen LogP contribution in [-0.2, 0) is 21.5 Å². The van der Waals surface area contributed by atoms with Gasteiger partial charge in [-0.2, -0.15) is 4.98 Å². The summed E-state index contributed by atoms with van der Waals surface area (Å²) in [6.07, 6.45) is 11.3. The maximum Gasteiger partial charge on any atom is 0.315 e. The number of terminal acetylenes is 2. The van der Waals surface area contributed by atoms with Crippen molar-refractivity contribution in [2.75, 3.05) is 5.32 Å². The molecule has 0 spiro atoms. The van der Waals surface area contributed by atoms with Gasteiger partial charge < -0.3 is 20.1 Å². The lowest BCUT2D eigenvalue weighted by Gasteiger charge is -2.10. The molecule has 0 atom stereocenters. The average molecular weight is 622 g/mol. The molecule has 5 aromatic rings. The Morgan fingerprint density at radius 3 is 2.39 bits per heavy atom. The number of amides is 2. The molecule has 2 amide bonds. The number of anilines is 1. The van der Waals surface area contributed by atoms with Gasteiger partial charge in [0.1, 0.15) is 11.6 Å². The minimum absolute atomic E-state index is 0. The molecule has 0 bridgehead atoms. The van der Waals surface area contributed by atoms with Crippen molar-refractivity contribution >= 4 is 34.4 Å². The fourth-order valence-corrected chi connectivity index (χ4v) is 3.93. The number of H-pyrrole nitrogens is 1. The third-order valence-electron chi connectivity index (χ3n) is 6.21. The van der Waals surface area contributed by atoms with E-state index in [9.17, 15) is 14.4 Å². The fraction of sp³-hybridized carbons (Fsp3) is 0.206. The van der Waals surface area contributed by atoms with Crippen molar-refractivity contribution in [1.29, 1.82) is 0 Å². The number of hydrogen-bond acceptors (Lipinski definition) is 8. The Hall–Kier alpha value is -6.14. The third-order valence-corrected chi connectivity index (χ3v) is 6.21. The van der Waals surface area contributed by atoms with Gasteiger partial charge in [-0.05, 0) is 41.7 Å². The van der Waals surface area contributed by atoms with Crippen LogP contribution >= 0.6 is 0 Å². The van der Waals surface area contributed by atoms with Crippen LogP contribution in [0.1, 0.15) is 57.2 Å². The zero-order chi connectivity index (χ0) is 32.7. The molecule has 3 N–H and O–H groups in total. The normalized spacial score (nSPS) is 10.4. The number of fused-ring (bicyclic) bond motifs is 1.